The van der Waals surface area contributed by atoms with E-state index in [9.17, 15) is 0 Å². The Labute approximate surface area is 105 Å². The first-order chi connectivity index (χ1) is 8.83. The minimum atomic E-state index is 0.307. The van der Waals surface area contributed by atoms with Crippen LogP contribution in [0.4, 0.5) is 5.88 Å². The molecule has 1 aromatic carbocycles. The van der Waals surface area contributed by atoms with Crippen LogP contribution < -0.4 is 5.32 Å². The molecule has 1 heterocycles. The SMILES string of the molecule is CNc1oc([C@H]2C[C@@H]2c2ccccc2)nc1C#N. The normalized spacial score (nSPS) is 21.3. The second kappa shape index (κ2) is 4.19. The first-order valence-electron chi connectivity index (χ1n) is 5.97. The Morgan fingerprint density at radius 1 is 1.33 bits per heavy atom. The zero-order valence-electron chi connectivity index (χ0n) is 10.1. The lowest BCUT2D eigenvalue weighted by atomic mass is 10.1. The highest BCUT2D eigenvalue weighted by Crippen LogP contribution is 2.54. The van der Waals surface area contributed by atoms with E-state index in [0.29, 0.717) is 29.3 Å². The largest absolute Gasteiger partial charge is 0.424 e. The van der Waals surface area contributed by atoms with Crippen LogP contribution in [0.3, 0.4) is 0 Å². The first-order valence-corrected chi connectivity index (χ1v) is 5.97. The van der Waals surface area contributed by atoms with Gasteiger partial charge in [0, 0.05) is 13.0 Å². The smallest absolute Gasteiger partial charge is 0.231 e. The Balaban J connectivity index is 1.83. The van der Waals surface area contributed by atoms with Gasteiger partial charge in [-0.05, 0) is 17.9 Å². The van der Waals surface area contributed by atoms with Gasteiger partial charge in [-0.1, -0.05) is 30.3 Å². The Hall–Kier alpha value is -2.28. The van der Waals surface area contributed by atoms with E-state index in [4.69, 9.17) is 9.68 Å². The van der Waals surface area contributed by atoms with Gasteiger partial charge in [0.25, 0.3) is 0 Å². The van der Waals surface area contributed by atoms with E-state index in [1.165, 1.54) is 5.56 Å². The van der Waals surface area contributed by atoms with Gasteiger partial charge < -0.3 is 9.73 Å². The summed E-state index contributed by atoms with van der Waals surface area (Å²) in [7, 11) is 1.73. The van der Waals surface area contributed by atoms with E-state index >= 15 is 0 Å². The molecule has 2 aromatic rings. The molecule has 1 saturated carbocycles. The second-order valence-corrected chi connectivity index (χ2v) is 4.45. The van der Waals surface area contributed by atoms with Gasteiger partial charge in [-0.3, -0.25) is 0 Å². The zero-order valence-corrected chi connectivity index (χ0v) is 10.1. The number of nitrogens with zero attached hydrogens (tertiary/aromatic N) is 2. The molecule has 3 rings (SSSR count). The third-order valence-corrected chi connectivity index (χ3v) is 3.31. The van der Waals surface area contributed by atoms with Gasteiger partial charge in [0.15, 0.2) is 0 Å². The summed E-state index contributed by atoms with van der Waals surface area (Å²) in [6.07, 6.45) is 1.04. The number of anilines is 1. The summed E-state index contributed by atoms with van der Waals surface area (Å²) in [5.41, 5.74) is 1.65. The van der Waals surface area contributed by atoms with Crippen LogP contribution in [0.15, 0.2) is 34.7 Å². The summed E-state index contributed by atoms with van der Waals surface area (Å²) >= 11 is 0. The summed E-state index contributed by atoms with van der Waals surface area (Å²) in [5, 5.41) is 11.8. The van der Waals surface area contributed by atoms with E-state index in [-0.39, 0.29) is 0 Å². The molecule has 2 atom stereocenters. The van der Waals surface area contributed by atoms with Crippen LogP contribution in [0.5, 0.6) is 0 Å². The van der Waals surface area contributed by atoms with E-state index in [0.717, 1.165) is 6.42 Å². The number of oxazole rings is 1. The van der Waals surface area contributed by atoms with E-state index in [1.807, 2.05) is 24.3 Å². The van der Waals surface area contributed by atoms with Crippen LogP contribution in [0.2, 0.25) is 0 Å². The van der Waals surface area contributed by atoms with Gasteiger partial charge in [-0.15, -0.1) is 0 Å². The predicted octanol–water partition coefficient (Wildman–Crippen LogP) is 2.86. The van der Waals surface area contributed by atoms with E-state index in [2.05, 4.69) is 22.4 Å². The number of aromatic nitrogens is 1. The molecule has 0 amide bonds. The van der Waals surface area contributed by atoms with Gasteiger partial charge in [0.2, 0.25) is 17.5 Å². The Morgan fingerprint density at radius 2 is 2.11 bits per heavy atom. The van der Waals surface area contributed by atoms with Crippen molar-refractivity contribution in [2.24, 2.45) is 0 Å². The molecule has 0 unspecified atom stereocenters. The summed E-state index contributed by atoms with van der Waals surface area (Å²) < 4.78 is 5.59. The van der Waals surface area contributed by atoms with Crippen molar-refractivity contribution < 1.29 is 4.42 Å². The Bertz CT molecular complexity index is 597. The molecule has 1 fully saturated rings. The lowest BCUT2D eigenvalue weighted by Gasteiger charge is -1.97. The highest BCUT2D eigenvalue weighted by molar-refractivity contribution is 5.46. The minimum Gasteiger partial charge on any atom is -0.424 e. The standard InChI is InChI=1S/C14H13N3O/c1-16-14-12(8-15)17-13(18-14)11-7-10(11)9-5-3-2-4-6-9/h2-6,10-11,16H,7H2,1H3/t10-,11+/m1/s1. The second-order valence-electron chi connectivity index (χ2n) is 4.45. The molecular weight excluding hydrogens is 226 g/mol. The Morgan fingerprint density at radius 3 is 2.72 bits per heavy atom. The molecule has 0 spiro atoms. The van der Waals surface area contributed by atoms with Crippen molar-refractivity contribution in [3.8, 4) is 6.07 Å². The molecule has 1 aromatic heterocycles. The summed E-state index contributed by atoms with van der Waals surface area (Å²) in [6.45, 7) is 0. The molecular formula is C14H13N3O. The number of benzene rings is 1. The van der Waals surface area contributed by atoms with Gasteiger partial charge in [-0.25, -0.2) is 4.98 Å². The molecule has 18 heavy (non-hydrogen) atoms. The van der Waals surface area contributed by atoms with Crippen molar-refractivity contribution in [3.05, 3.63) is 47.5 Å². The fourth-order valence-electron chi connectivity index (χ4n) is 2.28. The van der Waals surface area contributed by atoms with Crippen LogP contribution in [-0.4, -0.2) is 12.0 Å². The van der Waals surface area contributed by atoms with Gasteiger partial charge in [0.05, 0.1) is 0 Å². The number of hydrogen-bond acceptors (Lipinski definition) is 4. The topological polar surface area (TPSA) is 61.9 Å². The highest BCUT2D eigenvalue weighted by Gasteiger charge is 2.43. The van der Waals surface area contributed by atoms with Crippen molar-refractivity contribution in [2.75, 3.05) is 12.4 Å². The highest BCUT2D eigenvalue weighted by atomic mass is 16.4. The first kappa shape index (κ1) is 10.8. The molecule has 0 bridgehead atoms. The van der Waals surface area contributed by atoms with Crippen LogP contribution in [-0.2, 0) is 0 Å². The van der Waals surface area contributed by atoms with Crippen molar-refractivity contribution in [2.45, 2.75) is 18.3 Å². The number of nitriles is 1. The van der Waals surface area contributed by atoms with E-state index in [1.54, 1.807) is 7.05 Å². The van der Waals surface area contributed by atoms with Crippen molar-refractivity contribution in [1.29, 1.82) is 5.26 Å². The number of hydrogen-bond donors (Lipinski definition) is 1. The summed E-state index contributed by atoms with van der Waals surface area (Å²) in [5.74, 6) is 1.92. The maximum absolute atomic E-state index is 8.94. The fourth-order valence-corrected chi connectivity index (χ4v) is 2.28. The fraction of sp³-hybridized carbons (Fsp3) is 0.286. The minimum absolute atomic E-state index is 0.307. The lowest BCUT2D eigenvalue weighted by Crippen LogP contribution is -1.87. The summed E-state index contributed by atoms with van der Waals surface area (Å²) in [6, 6.07) is 12.4. The van der Waals surface area contributed by atoms with Crippen LogP contribution in [0, 0.1) is 11.3 Å². The monoisotopic (exact) mass is 239 g/mol. The molecule has 4 heteroatoms. The quantitative estimate of drug-likeness (QED) is 0.894. The molecule has 1 aliphatic carbocycles. The van der Waals surface area contributed by atoms with Crippen LogP contribution >= 0.6 is 0 Å². The molecule has 0 radical (unpaired) electrons. The maximum atomic E-state index is 8.94. The third-order valence-electron chi connectivity index (χ3n) is 3.31. The number of rotatable bonds is 3. The predicted molar refractivity (Wildman–Crippen MR) is 67.3 cm³/mol. The van der Waals surface area contributed by atoms with Crippen molar-refractivity contribution in [1.82, 2.24) is 4.98 Å². The number of nitrogens with one attached hydrogen (secondary N) is 1. The lowest BCUT2D eigenvalue weighted by molar-refractivity contribution is 0.507. The van der Waals surface area contributed by atoms with E-state index < -0.39 is 0 Å². The molecule has 0 saturated heterocycles. The molecule has 1 N–H and O–H groups in total. The Kier molecular flexibility index (Phi) is 2.52. The molecule has 90 valence electrons. The van der Waals surface area contributed by atoms with Gasteiger partial charge >= 0.3 is 0 Å². The van der Waals surface area contributed by atoms with Crippen molar-refractivity contribution in [3.63, 3.8) is 0 Å². The molecule has 4 nitrogen and oxygen atoms in total. The van der Waals surface area contributed by atoms with Crippen LogP contribution in [0.1, 0.15) is 35.4 Å². The van der Waals surface area contributed by atoms with Gasteiger partial charge in [0.1, 0.15) is 6.07 Å². The summed E-state index contributed by atoms with van der Waals surface area (Å²) in [4.78, 5) is 4.25. The average Bonchev–Trinajstić information content (AvgIpc) is 3.12. The molecule has 1 aliphatic rings. The molecule has 0 aliphatic heterocycles. The average molecular weight is 239 g/mol. The van der Waals surface area contributed by atoms with Crippen LogP contribution in [0.25, 0.3) is 0 Å². The maximum Gasteiger partial charge on any atom is 0.231 e. The third kappa shape index (κ3) is 1.74. The zero-order chi connectivity index (χ0) is 12.5. The van der Waals surface area contributed by atoms with Crippen molar-refractivity contribution >= 4 is 5.88 Å². The van der Waals surface area contributed by atoms with Gasteiger partial charge in [-0.2, -0.15) is 5.26 Å².